The van der Waals surface area contributed by atoms with Gasteiger partial charge in [0.1, 0.15) is 0 Å². The van der Waals surface area contributed by atoms with E-state index in [1.54, 1.807) is 0 Å². The molecule has 26 heavy (non-hydrogen) atoms. The zero-order valence-electron chi connectivity index (χ0n) is 14.4. The van der Waals surface area contributed by atoms with E-state index in [1.807, 2.05) is 30.3 Å². The van der Waals surface area contributed by atoms with Crippen LogP contribution >= 0.6 is 12.4 Å². The fourth-order valence-electron chi connectivity index (χ4n) is 3.15. The molecular weight excluding hydrogens is 363 g/mol. The van der Waals surface area contributed by atoms with Crippen LogP contribution in [0.1, 0.15) is 24.0 Å². The number of piperidine rings is 1. The predicted molar refractivity (Wildman–Crippen MR) is 99.4 cm³/mol. The highest BCUT2D eigenvalue weighted by Gasteiger charge is 2.31. The number of ether oxygens (including phenoxy) is 1. The maximum atomic E-state index is 13.1. The Morgan fingerprint density at radius 3 is 2.35 bits per heavy atom. The van der Waals surface area contributed by atoms with Gasteiger partial charge in [0, 0.05) is 6.61 Å². The number of hydrogen-bond acceptors (Lipinski definition) is 2. The Morgan fingerprint density at radius 1 is 1.00 bits per heavy atom. The van der Waals surface area contributed by atoms with E-state index in [9.17, 15) is 13.2 Å². The van der Waals surface area contributed by atoms with E-state index in [1.165, 1.54) is 12.1 Å². The molecule has 0 saturated carbocycles. The van der Waals surface area contributed by atoms with Crippen LogP contribution in [-0.4, -0.2) is 19.7 Å². The Hall–Kier alpha value is -1.56. The second-order valence-electron chi connectivity index (χ2n) is 6.44. The minimum Gasteiger partial charge on any atom is -0.376 e. The second-order valence-corrected chi connectivity index (χ2v) is 6.44. The molecule has 0 amide bonds. The Bertz CT molecular complexity index is 685. The zero-order valence-corrected chi connectivity index (χ0v) is 15.2. The molecule has 1 aliphatic heterocycles. The van der Waals surface area contributed by atoms with Gasteiger partial charge in [0.2, 0.25) is 0 Å². The van der Waals surface area contributed by atoms with Crippen LogP contribution in [0.3, 0.4) is 0 Å². The molecule has 2 aromatic carbocycles. The molecule has 6 heteroatoms. The lowest BCUT2D eigenvalue weighted by Gasteiger charge is -2.22. The first kappa shape index (κ1) is 20.7. The van der Waals surface area contributed by atoms with E-state index in [0.717, 1.165) is 43.1 Å². The van der Waals surface area contributed by atoms with Gasteiger partial charge < -0.3 is 10.1 Å². The smallest absolute Gasteiger partial charge is 0.376 e. The van der Waals surface area contributed by atoms with Gasteiger partial charge >= 0.3 is 6.18 Å². The third-order valence-electron chi connectivity index (χ3n) is 4.59. The largest absolute Gasteiger partial charge is 0.416 e. The van der Waals surface area contributed by atoms with Crippen LogP contribution in [0.25, 0.3) is 11.1 Å². The third-order valence-corrected chi connectivity index (χ3v) is 4.59. The summed E-state index contributed by atoms with van der Waals surface area (Å²) in [4.78, 5) is 0. The van der Waals surface area contributed by atoms with Crippen molar-refractivity contribution in [2.24, 2.45) is 5.92 Å². The summed E-state index contributed by atoms with van der Waals surface area (Å²) in [6, 6.07) is 13.0. The van der Waals surface area contributed by atoms with Crippen LogP contribution in [0, 0.1) is 5.92 Å². The van der Waals surface area contributed by atoms with Crippen molar-refractivity contribution in [2.75, 3.05) is 19.7 Å². The first-order valence-electron chi connectivity index (χ1n) is 8.58. The minimum absolute atomic E-state index is 0. The van der Waals surface area contributed by atoms with Crippen LogP contribution in [-0.2, 0) is 17.5 Å². The molecule has 1 N–H and O–H groups in total. The van der Waals surface area contributed by atoms with Crippen molar-refractivity contribution in [1.82, 2.24) is 5.32 Å². The van der Waals surface area contributed by atoms with Crippen molar-refractivity contribution in [2.45, 2.75) is 25.6 Å². The molecule has 3 rings (SSSR count). The van der Waals surface area contributed by atoms with Crippen LogP contribution < -0.4 is 5.32 Å². The van der Waals surface area contributed by atoms with Crippen LogP contribution in [0.15, 0.2) is 48.5 Å². The monoisotopic (exact) mass is 385 g/mol. The summed E-state index contributed by atoms with van der Waals surface area (Å²) >= 11 is 0. The van der Waals surface area contributed by atoms with E-state index >= 15 is 0 Å². The summed E-state index contributed by atoms with van der Waals surface area (Å²) in [7, 11) is 0. The van der Waals surface area contributed by atoms with Crippen molar-refractivity contribution in [3.63, 3.8) is 0 Å². The molecule has 0 bridgehead atoms. The van der Waals surface area contributed by atoms with E-state index < -0.39 is 11.7 Å². The maximum Gasteiger partial charge on any atom is 0.416 e. The molecule has 0 atom stereocenters. The topological polar surface area (TPSA) is 21.3 Å². The molecule has 2 nitrogen and oxygen atoms in total. The first-order chi connectivity index (χ1) is 12.0. The van der Waals surface area contributed by atoms with Gasteiger partial charge in [0.05, 0.1) is 12.2 Å². The Balaban J connectivity index is 0.00000243. The molecule has 2 aromatic rings. The van der Waals surface area contributed by atoms with Gasteiger partial charge in [-0.15, -0.1) is 12.4 Å². The Labute approximate surface area is 158 Å². The fourth-order valence-corrected chi connectivity index (χ4v) is 3.15. The highest BCUT2D eigenvalue weighted by molar-refractivity contribution is 5.85. The van der Waals surface area contributed by atoms with Gasteiger partial charge in [-0.1, -0.05) is 36.4 Å². The van der Waals surface area contributed by atoms with Gasteiger partial charge in [0.15, 0.2) is 0 Å². The minimum atomic E-state index is -4.35. The quantitative estimate of drug-likeness (QED) is 0.753. The molecule has 0 radical (unpaired) electrons. The van der Waals surface area contributed by atoms with E-state index in [0.29, 0.717) is 24.7 Å². The molecule has 0 aromatic heterocycles. The molecule has 0 spiro atoms. The van der Waals surface area contributed by atoms with Crippen LogP contribution in [0.4, 0.5) is 13.2 Å². The lowest BCUT2D eigenvalue weighted by Crippen LogP contribution is -2.29. The van der Waals surface area contributed by atoms with Crippen molar-refractivity contribution in [1.29, 1.82) is 0 Å². The molecular formula is C20H23ClF3NO. The van der Waals surface area contributed by atoms with Gasteiger partial charge in [-0.25, -0.2) is 0 Å². The lowest BCUT2D eigenvalue weighted by atomic mass is 9.97. The van der Waals surface area contributed by atoms with Crippen molar-refractivity contribution >= 4 is 12.4 Å². The zero-order chi connectivity index (χ0) is 17.7. The molecule has 1 heterocycles. The normalized spacial score (nSPS) is 15.5. The number of rotatable bonds is 5. The molecule has 0 aliphatic carbocycles. The number of alkyl halides is 3. The maximum absolute atomic E-state index is 13.1. The Kier molecular flexibility index (Phi) is 7.50. The summed E-state index contributed by atoms with van der Waals surface area (Å²) in [5, 5.41) is 3.31. The average Bonchev–Trinajstić information content (AvgIpc) is 2.63. The van der Waals surface area contributed by atoms with Crippen LogP contribution in [0.2, 0.25) is 0 Å². The highest BCUT2D eigenvalue weighted by Crippen LogP contribution is 2.34. The van der Waals surface area contributed by atoms with Crippen molar-refractivity contribution < 1.29 is 17.9 Å². The van der Waals surface area contributed by atoms with Crippen molar-refractivity contribution in [3.8, 4) is 11.1 Å². The number of benzene rings is 2. The molecule has 0 unspecified atom stereocenters. The fraction of sp³-hybridized carbons (Fsp3) is 0.400. The van der Waals surface area contributed by atoms with Gasteiger partial charge in [-0.3, -0.25) is 0 Å². The van der Waals surface area contributed by atoms with Gasteiger partial charge in [-0.05, 0) is 60.7 Å². The second kappa shape index (κ2) is 9.40. The summed E-state index contributed by atoms with van der Waals surface area (Å²) in [6.07, 6.45) is -2.19. The van der Waals surface area contributed by atoms with Gasteiger partial charge in [-0.2, -0.15) is 13.2 Å². The Morgan fingerprint density at radius 2 is 1.69 bits per heavy atom. The summed E-state index contributed by atoms with van der Waals surface area (Å²) in [6.45, 7) is 2.98. The SMILES string of the molecule is Cl.FC(F)(F)c1ccc(COCC2CCNCC2)c(-c2ccccc2)c1. The standard InChI is InChI=1S/C20H22F3NO.ClH/c21-20(22,23)18-7-6-17(14-25-13-15-8-10-24-11-9-15)19(12-18)16-4-2-1-3-5-16;/h1-7,12,15,24H,8-11,13-14H2;1H. The lowest BCUT2D eigenvalue weighted by molar-refractivity contribution is -0.137. The highest BCUT2D eigenvalue weighted by atomic mass is 35.5. The molecule has 1 aliphatic rings. The summed E-state index contributed by atoms with van der Waals surface area (Å²) in [5.74, 6) is 0.524. The average molecular weight is 386 g/mol. The van der Waals surface area contributed by atoms with Crippen LogP contribution in [0.5, 0.6) is 0 Å². The first-order valence-corrected chi connectivity index (χ1v) is 8.58. The summed E-state index contributed by atoms with van der Waals surface area (Å²) < 4.78 is 45.1. The van der Waals surface area contributed by atoms with Gasteiger partial charge in [0.25, 0.3) is 0 Å². The summed E-state index contributed by atoms with van der Waals surface area (Å²) in [5.41, 5.74) is 1.51. The number of halogens is 4. The molecule has 1 saturated heterocycles. The third kappa shape index (κ3) is 5.47. The predicted octanol–water partition coefficient (Wildman–Crippen LogP) is 5.31. The van der Waals surface area contributed by atoms with E-state index in [4.69, 9.17) is 4.74 Å². The van der Waals surface area contributed by atoms with Crippen molar-refractivity contribution in [3.05, 3.63) is 59.7 Å². The van der Waals surface area contributed by atoms with E-state index in [2.05, 4.69) is 5.32 Å². The number of hydrogen-bond donors (Lipinski definition) is 1. The number of nitrogens with one attached hydrogen (secondary N) is 1. The molecule has 1 fully saturated rings. The van der Waals surface area contributed by atoms with E-state index in [-0.39, 0.29) is 12.4 Å². The molecule has 142 valence electrons.